The molecular formula is C25H38N6O6. The number of urea groups is 2. The molecule has 1 fully saturated rings. The molecule has 204 valence electrons. The summed E-state index contributed by atoms with van der Waals surface area (Å²) >= 11 is 0. The van der Waals surface area contributed by atoms with E-state index in [1.54, 1.807) is 0 Å². The number of rotatable bonds is 21. The number of carbonyl (C=O) groups is 3. The van der Waals surface area contributed by atoms with Crippen molar-refractivity contribution in [3.63, 3.8) is 0 Å². The van der Waals surface area contributed by atoms with E-state index in [-0.39, 0.29) is 19.6 Å². The molecular weight excluding hydrogens is 480 g/mol. The molecule has 0 atom stereocenters. The molecule has 0 aromatic rings. The lowest BCUT2D eigenvalue weighted by Gasteiger charge is -2.26. The minimum Gasteiger partial charge on any atom is -0.315 e. The quantitative estimate of drug-likeness (QED) is 0.129. The Morgan fingerprint density at radius 1 is 0.514 bits per heavy atom. The van der Waals surface area contributed by atoms with E-state index in [0.29, 0.717) is 45.4 Å². The van der Waals surface area contributed by atoms with Crippen LogP contribution in [0.2, 0.25) is 0 Å². The first-order chi connectivity index (χ1) is 18.1. The van der Waals surface area contributed by atoms with Crippen molar-refractivity contribution in [3.05, 3.63) is 0 Å². The molecule has 0 aliphatic carbocycles. The minimum atomic E-state index is -0.583. The van der Waals surface area contributed by atoms with Gasteiger partial charge >= 0.3 is 12.1 Å². The number of imide groups is 2. The van der Waals surface area contributed by atoms with Crippen molar-refractivity contribution in [3.8, 4) is 0 Å². The molecule has 0 unspecified atom stereocenters. The fraction of sp³-hybridized carbons (Fsp3) is 0.760. The Balaban J connectivity index is 2.71. The highest BCUT2D eigenvalue weighted by Crippen LogP contribution is 2.16. The van der Waals surface area contributed by atoms with Crippen LogP contribution in [-0.2, 0) is 19.2 Å². The normalized spacial score (nSPS) is 13.6. The molecule has 0 aromatic heterocycles. The van der Waals surface area contributed by atoms with Gasteiger partial charge in [0.25, 0.3) is 0 Å². The number of isocyanates is 3. The summed E-state index contributed by atoms with van der Waals surface area (Å²) in [5, 5.41) is 0. The Labute approximate surface area is 217 Å². The van der Waals surface area contributed by atoms with Gasteiger partial charge in [0, 0.05) is 19.6 Å². The highest BCUT2D eigenvalue weighted by Gasteiger charge is 2.37. The summed E-state index contributed by atoms with van der Waals surface area (Å²) in [6.45, 7) is 1.90. The smallest absolute Gasteiger partial charge is 0.315 e. The Kier molecular flexibility index (Phi) is 17.7. The Hall–Kier alpha value is -3.45. The molecule has 12 nitrogen and oxygen atoms in total. The van der Waals surface area contributed by atoms with Crippen molar-refractivity contribution in [2.75, 3.05) is 45.8 Å². The fourth-order valence-electron chi connectivity index (χ4n) is 4.02. The summed E-state index contributed by atoms with van der Waals surface area (Å²) < 4.78 is 0. The second-order valence-electron chi connectivity index (χ2n) is 8.85. The Bertz CT molecular complexity index is 862. The number of amides is 5. The van der Waals surface area contributed by atoms with Gasteiger partial charge in [0.15, 0.2) is 0 Å². The molecule has 0 aromatic carbocycles. The van der Waals surface area contributed by atoms with Gasteiger partial charge in [-0.05, 0) is 38.5 Å². The van der Waals surface area contributed by atoms with Gasteiger partial charge in [0.1, 0.15) is 6.54 Å². The van der Waals surface area contributed by atoms with E-state index in [9.17, 15) is 28.8 Å². The summed E-state index contributed by atoms with van der Waals surface area (Å²) in [7, 11) is 0. The first-order valence-electron chi connectivity index (χ1n) is 13.1. The molecule has 1 rings (SSSR count). The number of carbonyl (C=O) groups excluding carboxylic acids is 6. The molecule has 1 aliphatic rings. The zero-order valence-corrected chi connectivity index (χ0v) is 21.6. The first kappa shape index (κ1) is 31.6. The molecule has 0 spiro atoms. The van der Waals surface area contributed by atoms with Gasteiger partial charge in [0.2, 0.25) is 24.1 Å². The fourth-order valence-corrected chi connectivity index (χ4v) is 4.02. The van der Waals surface area contributed by atoms with Gasteiger partial charge < -0.3 is 4.90 Å². The average molecular weight is 519 g/mol. The lowest BCUT2D eigenvalue weighted by Crippen LogP contribution is -2.48. The molecule has 1 heterocycles. The van der Waals surface area contributed by atoms with E-state index >= 15 is 0 Å². The van der Waals surface area contributed by atoms with Gasteiger partial charge in [-0.25, -0.2) is 43.8 Å². The molecule has 0 N–H and O–H groups in total. The monoisotopic (exact) mass is 518 g/mol. The summed E-state index contributed by atoms with van der Waals surface area (Å²) in [6.07, 6.45) is 13.4. The molecule has 0 radical (unpaired) electrons. The SMILES string of the molecule is O=C=NCCCCCCN1CC(=O)N(CCCCCCN=C=O)C(=O)N(CCCCCCN=C=O)C1=O. The zero-order chi connectivity index (χ0) is 27.1. The highest BCUT2D eigenvalue weighted by molar-refractivity contribution is 6.05. The number of unbranched alkanes of at least 4 members (excludes halogenated alkanes) is 9. The van der Waals surface area contributed by atoms with Crippen LogP contribution in [0.3, 0.4) is 0 Å². The maximum atomic E-state index is 13.2. The third-order valence-corrected chi connectivity index (χ3v) is 6.04. The third-order valence-electron chi connectivity index (χ3n) is 6.04. The standard InChI is InChI=1S/C25H38N6O6/c32-20-26-13-7-1-4-10-16-29-19-23(35)30(17-11-5-2-8-14-27-21-33)25(37)31(24(29)36)18-12-6-3-9-15-28-22-34/h1-19H2. The van der Waals surface area contributed by atoms with Crippen molar-refractivity contribution < 1.29 is 28.8 Å². The lowest BCUT2D eigenvalue weighted by atomic mass is 10.2. The summed E-state index contributed by atoms with van der Waals surface area (Å²) in [6, 6.07) is -1.04. The third kappa shape index (κ3) is 13.4. The number of aliphatic imine (C=N–C) groups is 3. The average Bonchev–Trinajstić information content (AvgIpc) is 2.97. The van der Waals surface area contributed by atoms with E-state index in [0.717, 1.165) is 57.8 Å². The second-order valence-corrected chi connectivity index (χ2v) is 8.85. The summed E-state index contributed by atoms with van der Waals surface area (Å²) in [4.78, 5) is 84.2. The Morgan fingerprint density at radius 3 is 1.38 bits per heavy atom. The van der Waals surface area contributed by atoms with Crippen molar-refractivity contribution in [2.24, 2.45) is 15.0 Å². The van der Waals surface area contributed by atoms with Gasteiger partial charge in [-0.15, -0.1) is 0 Å². The van der Waals surface area contributed by atoms with Crippen LogP contribution in [0.1, 0.15) is 77.0 Å². The van der Waals surface area contributed by atoms with Crippen molar-refractivity contribution in [1.82, 2.24) is 14.7 Å². The maximum absolute atomic E-state index is 13.2. The Morgan fingerprint density at radius 2 is 0.919 bits per heavy atom. The van der Waals surface area contributed by atoms with Gasteiger partial charge in [-0.3, -0.25) is 9.69 Å². The van der Waals surface area contributed by atoms with Crippen LogP contribution in [0.5, 0.6) is 0 Å². The van der Waals surface area contributed by atoms with Crippen molar-refractivity contribution in [2.45, 2.75) is 77.0 Å². The summed E-state index contributed by atoms with van der Waals surface area (Å²) in [5.41, 5.74) is 0. The van der Waals surface area contributed by atoms with Crippen molar-refractivity contribution >= 4 is 36.2 Å². The van der Waals surface area contributed by atoms with Crippen LogP contribution in [0.15, 0.2) is 15.0 Å². The molecule has 0 bridgehead atoms. The van der Waals surface area contributed by atoms with E-state index in [4.69, 9.17) is 0 Å². The van der Waals surface area contributed by atoms with E-state index in [1.165, 1.54) is 32.9 Å². The minimum absolute atomic E-state index is 0.145. The van der Waals surface area contributed by atoms with Crippen LogP contribution in [0.4, 0.5) is 9.59 Å². The molecule has 1 aliphatic heterocycles. The molecule has 1 saturated heterocycles. The first-order valence-corrected chi connectivity index (χ1v) is 13.1. The van der Waals surface area contributed by atoms with Crippen LogP contribution < -0.4 is 0 Å². The van der Waals surface area contributed by atoms with Crippen LogP contribution in [0.25, 0.3) is 0 Å². The molecule has 5 amide bonds. The topological polar surface area (TPSA) is 149 Å². The van der Waals surface area contributed by atoms with Crippen LogP contribution in [-0.4, -0.2) is 96.7 Å². The zero-order valence-electron chi connectivity index (χ0n) is 21.6. The maximum Gasteiger partial charge on any atom is 0.334 e. The van der Waals surface area contributed by atoms with Crippen LogP contribution >= 0.6 is 0 Å². The molecule has 37 heavy (non-hydrogen) atoms. The van der Waals surface area contributed by atoms with Gasteiger partial charge in [0.05, 0.1) is 19.6 Å². The molecule has 0 saturated carbocycles. The molecule has 12 heteroatoms. The van der Waals surface area contributed by atoms with Crippen LogP contribution in [0, 0.1) is 0 Å². The predicted molar refractivity (Wildman–Crippen MR) is 135 cm³/mol. The second kappa shape index (κ2) is 20.7. The number of hydrogen-bond acceptors (Lipinski definition) is 9. The van der Waals surface area contributed by atoms with E-state index < -0.39 is 18.0 Å². The lowest BCUT2D eigenvalue weighted by molar-refractivity contribution is -0.128. The number of hydrogen-bond donors (Lipinski definition) is 0. The summed E-state index contributed by atoms with van der Waals surface area (Å²) in [5.74, 6) is -0.390. The van der Waals surface area contributed by atoms with E-state index in [2.05, 4.69) is 15.0 Å². The van der Waals surface area contributed by atoms with Gasteiger partial charge in [-0.2, -0.15) is 0 Å². The van der Waals surface area contributed by atoms with E-state index in [1.807, 2.05) is 0 Å². The van der Waals surface area contributed by atoms with Gasteiger partial charge in [-0.1, -0.05) is 38.5 Å². The largest absolute Gasteiger partial charge is 0.334 e. The predicted octanol–water partition coefficient (Wildman–Crippen LogP) is 3.36. The van der Waals surface area contributed by atoms with Crippen molar-refractivity contribution in [1.29, 1.82) is 0 Å². The highest BCUT2D eigenvalue weighted by atomic mass is 16.2. The number of nitrogens with zero attached hydrogens (tertiary/aromatic N) is 6.